The highest BCUT2D eigenvalue weighted by Crippen LogP contribution is 2.49. The summed E-state index contributed by atoms with van der Waals surface area (Å²) < 4.78 is 102. The molecule has 24 heavy (non-hydrogen) atoms. The normalized spacial score (nSPS) is 12.5. The Morgan fingerprint density at radius 1 is 0.708 bits per heavy atom. The molecule has 0 aliphatic heterocycles. The summed E-state index contributed by atoms with van der Waals surface area (Å²) in [6.45, 7) is 0. The average molecular weight is 390 g/mol. The fourth-order valence-electron chi connectivity index (χ4n) is 1.83. The van der Waals surface area contributed by atoms with E-state index in [1.165, 1.54) is 0 Å². The average Bonchev–Trinajstić information content (AvgIpc) is 2.41. The summed E-state index contributed by atoms with van der Waals surface area (Å²) in [5.74, 6) is -2.53. The fraction of sp³-hybridized carbons (Fsp3) is 0.143. The van der Waals surface area contributed by atoms with Gasteiger partial charge in [0.1, 0.15) is 0 Å². The van der Waals surface area contributed by atoms with Crippen molar-refractivity contribution in [2.45, 2.75) is 20.8 Å². The largest absolute Gasteiger partial charge is 0.446 e. The van der Waals surface area contributed by atoms with Gasteiger partial charge in [-0.3, -0.25) is 0 Å². The van der Waals surface area contributed by atoms with Crippen LogP contribution in [0.15, 0.2) is 46.2 Å². The number of hydrogen-bond acceptors (Lipinski definition) is 2. The van der Waals surface area contributed by atoms with E-state index in [2.05, 4.69) is 0 Å². The lowest BCUT2D eigenvalue weighted by Crippen LogP contribution is -2.04. The Hall–Kier alpha value is -1.42. The van der Waals surface area contributed by atoms with Gasteiger partial charge in [-0.25, -0.2) is 8.78 Å². The number of benzene rings is 2. The van der Waals surface area contributed by atoms with Crippen LogP contribution in [-0.2, 0) is 0 Å². The van der Waals surface area contributed by atoms with Crippen molar-refractivity contribution < 1.29 is 35.1 Å². The Morgan fingerprint density at radius 3 is 1.88 bits per heavy atom. The number of alkyl halides is 6. The van der Waals surface area contributed by atoms with Gasteiger partial charge in [-0.1, -0.05) is 18.2 Å². The van der Waals surface area contributed by atoms with Crippen LogP contribution >= 0.6 is 23.5 Å². The van der Waals surface area contributed by atoms with E-state index in [-0.39, 0.29) is 11.1 Å². The van der Waals surface area contributed by atoms with Crippen LogP contribution in [0.3, 0.4) is 0 Å². The van der Waals surface area contributed by atoms with E-state index in [9.17, 15) is 35.1 Å². The minimum atomic E-state index is -4.85. The van der Waals surface area contributed by atoms with Crippen LogP contribution in [-0.4, -0.2) is 11.0 Å². The SMILES string of the molecule is Fc1ccc(-c2cccc(SC(F)(F)F)c2SC(F)(F)F)cc1F. The molecule has 0 radical (unpaired) electrons. The molecule has 0 amide bonds. The molecule has 0 spiro atoms. The highest BCUT2D eigenvalue weighted by Gasteiger charge is 2.36. The van der Waals surface area contributed by atoms with E-state index in [0.717, 1.165) is 24.3 Å². The maximum atomic E-state index is 13.3. The summed E-state index contributed by atoms with van der Waals surface area (Å²) in [4.78, 5) is -1.40. The molecule has 2 aromatic rings. The van der Waals surface area contributed by atoms with Crippen molar-refractivity contribution >= 4 is 23.5 Å². The topological polar surface area (TPSA) is 0 Å². The molecular weight excluding hydrogens is 384 g/mol. The van der Waals surface area contributed by atoms with E-state index in [4.69, 9.17) is 0 Å². The summed E-state index contributed by atoms with van der Waals surface area (Å²) in [6, 6.07) is 5.43. The van der Waals surface area contributed by atoms with Crippen LogP contribution in [0.1, 0.15) is 0 Å². The zero-order chi connectivity index (χ0) is 18.1. The summed E-state index contributed by atoms with van der Waals surface area (Å²) in [6.07, 6.45) is 0. The van der Waals surface area contributed by atoms with Crippen molar-refractivity contribution in [1.82, 2.24) is 0 Å². The summed E-state index contributed by atoms with van der Waals surface area (Å²) >= 11 is -1.44. The molecule has 2 rings (SSSR count). The number of hydrogen-bond donors (Lipinski definition) is 0. The molecule has 0 aliphatic rings. The molecule has 0 heterocycles. The third-order valence-electron chi connectivity index (χ3n) is 2.65. The van der Waals surface area contributed by atoms with Crippen molar-refractivity contribution in [3.05, 3.63) is 48.0 Å². The second kappa shape index (κ2) is 6.83. The molecule has 0 nitrogen and oxygen atoms in total. The quantitative estimate of drug-likeness (QED) is 0.415. The monoisotopic (exact) mass is 390 g/mol. The minimum Gasteiger partial charge on any atom is -0.204 e. The highest BCUT2D eigenvalue weighted by atomic mass is 32.2. The van der Waals surface area contributed by atoms with Gasteiger partial charge in [0.2, 0.25) is 0 Å². The third-order valence-corrected chi connectivity index (χ3v) is 4.45. The van der Waals surface area contributed by atoms with Gasteiger partial charge in [-0.15, -0.1) is 0 Å². The molecule has 0 bridgehead atoms. The van der Waals surface area contributed by atoms with Crippen molar-refractivity contribution in [2.24, 2.45) is 0 Å². The Morgan fingerprint density at radius 2 is 1.33 bits per heavy atom. The lowest BCUT2D eigenvalue weighted by molar-refractivity contribution is -0.0346. The van der Waals surface area contributed by atoms with Gasteiger partial charge in [0.25, 0.3) is 0 Å². The van der Waals surface area contributed by atoms with Crippen molar-refractivity contribution in [3.63, 3.8) is 0 Å². The van der Waals surface area contributed by atoms with Gasteiger partial charge in [0, 0.05) is 9.79 Å². The van der Waals surface area contributed by atoms with Crippen LogP contribution in [0, 0.1) is 11.6 Å². The van der Waals surface area contributed by atoms with Gasteiger partial charge in [-0.2, -0.15) is 26.3 Å². The van der Waals surface area contributed by atoms with Crippen LogP contribution < -0.4 is 0 Å². The minimum absolute atomic E-state index is 0.162. The molecule has 0 aliphatic carbocycles. The van der Waals surface area contributed by atoms with Crippen molar-refractivity contribution in [2.75, 3.05) is 0 Å². The summed E-state index contributed by atoms with van der Waals surface area (Å²) in [5.41, 5.74) is -10.1. The molecule has 0 atom stereocenters. The predicted octanol–water partition coefficient (Wildman–Crippen LogP) is 6.86. The van der Waals surface area contributed by atoms with E-state index >= 15 is 0 Å². The first kappa shape index (κ1) is 18.9. The van der Waals surface area contributed by atoms with Crippen LogP contribution in [0.25, 0.3) is 11.1 Å². The molecule has 0 N–H and O–H groups in total. The van der Waals surface area contributed by atoms with E-state index in [1.807, 2.05) is 0 Å². The number of rotatable bonds is 3. The molecule has 0 unspecified atom stereocenters. The van der Waals surface area contributed by atoms with Crippen LogP contribution in [0.2, 0.25) is 0 Å². The first-order valence-electron chi connectivity index (χ1n) is 6.06. The summed E-state index contributed by atoms with van der Waals surface area (Å²) in [5, 5.41) is 0. The molecule has 0 saturated carbocycles. The molecule has 10 heteroatoms. The van der Waals surface area contributed by atoms with E-state index in [1.54, 1.807) is 0 Å². The first-order chi connectivity index (χ1) is 11.0. The van der Waals surface area contributed by atoms with Crippen LogP contribution in [0.4, 0.5) is 35.1 Å². The predicted molar refractivity (Wildman–Crippen MR) is 75.6 cm³/mol. The van der Waals surface area contributed by atoms with Crippen molar-refractivity contribution in [3.8, 4) is 11.1 Å². The fourth-order valence-corrected chi connectivity index (χ4v) is 3.38. The number of halogens is 8. The summed E-state index contributed by atoms with van der Waals surface area (Å²) in [7, 11) is 0. The van der Waals surface area contributed by atoms with Gasteiger partial charge in [0.05, 0.1) is 0 Å². The zero-order valence-corrected chi connectivity index (χ0v) is 12.9. The molecule has 0 fully saturated rings. The molecule has 2 aromatic carbocycles. The highest BCUT2D eigenvalue weighted by molar-refractivity contribution is 8.03. The van der Waals surface area contributed by atoms with Gasteiger partial charge >= 0.3 is 11.0 Å². The third kappa shape index (κ3) is 5.04. The Balaban J connectivity index is 2.61. The number of thioether (sulfide) groups is 2. The van der Waals surface area contributed by atoms with Gasteiger partial charge in [0.15, 0.2) is 11.6 Å². The molecular formula is C14H6F8S2. The Bertz CT molecular complexity index is 737. The zero-order valence-electron chi connectivity index (χ0n) is 11.3. The lowest BCUT2D eigenvalue weighted by Gasteiger charge is -2.16. The standard InChI is InChI=1S/C14H6F8S2/c15-9-5-4-7(6-10(9)16)8-2-1-3-11(23-13(17,18)19)12(8)24-14(20,21)22/h1-6H. The maximum Gasteiger partial charge on any atom is 0.446 e. The molecule has 0 saturated heterocycles. The molecule has 0 aromatic heterocycles. The van der Waals surface area contributed by atoms with Crippen LogP contribution in [0.5, 0.6) is 0 Å². The van der Waals surface area contributed by atoms with Gasteiger partial charge in [-0.05, 0) is 52.8 Å². The van der Waals surface area contributed by atoms with Gasteiger partial charge < -0.3 is 0 Å². The second-order valence-electron chi connectivity index (χ2n) is 4.36. The van der Waals surface area contributed by atoms with E-state index < -0.39 is 56.0 Å². The smallest absolute Gasteiger partial charge is 0.204 e. The lowest BCUT2D eigenvalue weighted by atomic mass is 10.1. The van der Waals surface area contributed by atoms with Crippen molar-refractivity contribution in [1.29, 1.82) is 0 Å². The maximum absolute atomic E-state index is 13.3. The second-order valence-corrected chi connectivity index (χ2v) is 6.54. The Labute approximate surface area is 139 Å². The van der Waals surface area contributed by atoms with E-state index in [0.29, 0.717) is 12.1 Å². The molecule has 130 valence electrons. The first-order valence-corrected chi connectivity index (χ1v) is 7.69. The Kier molecular flexibility index (Phi) is 5.38.